The first-order valence-corrected chi connectivity index (χ1v) is 6.10. The number of hydrogen-bond acceptors (Lipinski definition) is 3. The van der Waals surface area contributed by atoms with Crippen molar-refractivity contribution in [2.24, 2.45) is 11.7 Å². The molecule has 2 nitrogen and oxygen atoms in total. The lowest BCUT2D eigenvalue weighted by atomic mass is 9.90. The van der Waals surface area contributed by atoms with Gasteiger partial charge >= 0.3 is 0 Å². The Hall–Kier alpha value is -0.380. The van der Waals surface area contributed by atoms with Gasteiger partial charge in [0.2, 0.25) is 0 Å². The average Bonchev–Trinajstić information content (AvgIpc) is 2.75. The van der Waals surface area contributed by atoms with Crippen LogP contribution in [-0.4, -0.2) is 18.8 Å². The van der Waals surface area contributed by atoms with Crippen LogP contribution >= 0.6 is 11.3 Å². The van der Waals surface area contributed by atoms with Crippen molar-refractivity contribution in [3.63, 3.8) is 0 Å². The lowest BCUT2D eigenvalue weighted by Crippen LogP contribution is -2.35. The summed E-state index contributed by atoms with van der Waals surface area (Å²) in [4.78, 5) is 0. The van der Waals surface area contributed by atoms with Gasteiger partial charge in [-0.2, -0.15) is 11.3 Å². The van der Waals surface area contributed by atoms with Crippen molar-refractivity contribution in [3.05, 3.63) is 22.4 Å². The molecule has 0 saturated carbocycles. The largest absolute Gasteiger partial charge is 0.378 e. The zero-order valence-corrected chi connectivity index (χ0v) is 9.30. The quantitative estimate of drug-likeness (QED) is 0.830. The third-order valence-electron chi connectivity index (χ3n) is 3.04. The Labute approximate surface area is 89.1 Å². The highest BCUT2D eigenvalue weighted by Gasteiger charge is 2.29. The highest BCUT2D eigenvalue weighted by molar-refractivity contribution is 7.07. The van der Waals surface area contributed by atoms with Crippen LogP contribution in [0, 0.1) is 5.92 Å². The second-order valence-electron chi connectivity index (χ2n) is 4.03. The molecule has 3 atom stereocenters. The van der Waals surface area contributed by atoms with Gasteiger partial charge in [-0.05, 0) is 42.2 Å². The maximum atomic E-state index is 6.19. The summed E-state index contributed by atoms with van der Waals surface area (Å²) in [5.41, 5.74) is 7.55. The van der Waals surface area contributed by atoms with Crippen LogP contribution < -0.4 is 5.73 Å². The fourth-order valence-corrected chi connectivity index (χ4v) is 2.82. The fraction of sp³-hybridized carbons (Fsp3) is 0.636. The summed E-state index contributed by atoms with van der Waals surface area (Å²) >= 11 is 1.74. The Morgan fingerprint density at radius 3 is 3.14 bits per heavy atom. The Morgan fingerprint density at radius 2 is 2.57 bits per heavy atom. The molecule has 2 N–H and O–H groups in total. The first kappa shape index (κ1) is 10.1. The molecule has 14 heavy (non-hydrogen) atoms. The molecule has 1 aromatic heterocycles. The van der Waals surface area contributed by atoms with Crippen molar-refractivity contribution in [3.8, 4) is 0 Å². The molecule has 0 aliphatic carbocycles. The molecular weight excluding hydrogens is 194 g/mol. The highest BCUT2D eigenvalue weighted by atomic mass is 32.1. The first-order valence-electron chi connectivity index (χ1n) is 5.15. The van der Waals surface area contributed by atoms with Gasteiger partial charge in [-0.3, -0.25) is 0 Å². The summed E-state index contributed by atoms with van der Waals surface area (Å²) < 4.78 is 5.53. The monoisotopic (exact) mass is 211 g/mol. The van der Waals surface area contributed by atoms with E-state index >= 15 is 0 Å². The molecular formula is C11H17NOS. The van der Waals surface area contributed by atoms with Crippen LogP contribution in [0.5, 0.6) is 0 Å². The van der Waals surface area contributed by atoms with Gasteiger partial charge in [-0.15, -0.1) is 0 Å². The van der Waals surface area contributed by atoms with Crippen molar-refractivity contribution in [1.29, 1.82) is 0 Å². The van der Waals surface area contributed by atoms with Gasteiger partial charge in [-0.25, -0.2) is 0 Å². The number of ether oxygens (including phenoxy) is 1. The Morgan fingerprint density at radius 1 is 1.71 bits per heavy atom. The van der Waals surface area contributed by atoms with E-state index in [0.29, 0.717) is 12.0 Å². The predicted molar refractivity (Wildman–Crippen MR) is 59.5 cm³/mol. The molecule has 1 fully saturated rings. The molecule has 1 saturated heterocycles. The fourth-order valence-electron chi connectivity index (χ4n) is 2.14. The normalized spacial score (nSPS) is 29.3. The second kappa shape index (κ2) is 4.43. The van der Waals surface area contributed by atoms with E-state index in [2.05, 4.69) is 23.8 Å². The van der Waals surface area contributed by atoms with Crippen molar-refractivity contribution in [2.75, 3.05) is 6.61 Å². The molecule has 3 unspecified atom stereocenters. The number of thiophene rings is 1. The lowest BCUT2D eigenvalue weighted by Gasteiger charge is -2.21. The van der Waals surface area contributed by atoms with Gasteiger partial charge in [0, 0.05) is 18.6 Å². The second-order valence-corrected chi connectivity index (χ2v) is 4.81. The van der Waals surface area contributed by atoms with Crippen LogP contribution in [0.25, 0.3) is 0 Å². The summed E-state index contributed by atoms with van der Waals surface area (Å²) in [7, 11) is 0. The molecule has 0 bridgehead atoms. The number of rotatable bonds is 3. The topological polar surface area (TPSA) is 35.2 Å². The molecule has 1 aliphatic rings. The first-order chi connectivity index (χ1) is 6.77. The summed E-state index contributed by atoms with van der Waals surface area (Å²) in [6.07, 6.45) is 2.44. The van der Waals surface area contributed by atoms with Gasteiger partial charge in [0.15, 0.2) is 0 Å². The van der Waals surface area contributed by atoms with Crippen LogP contribution in [0.2, 0.25) is 0 Å². The van der Waals surface area contributed by atoms with E-state index in [1.165, 1.54) is 5.56 Å². The standard InChI is InChI=1S/C11H17NOS/c1-8-10(2-4-13-8)11(12)6-9-3-5-14-7-9/h3,5,7-8,10-11H,2,4,6,12H2,1H3. The lowest BCUT2D eigenvalue weighted by molar-refractivity contribution is 0.0995. The van der Waals surface area contributed by atoms with Crippen molar-refractivity contribution < 1.29 is 4.74 Å². The summed E-state index contributed by atoms with van der Waals surface area (Å²) in [5.74, 6) is 0.537. The van der Waals surface area contributed by atoms with E-state index in [-0.39, 0.29) is 6.04 Å². The van der Waals surface area contributed by atoms with Crippen LogP contribution in [-0.2, 0) is 11.2 Å². The molecule has 1 aromatic rings. The van der Waals surface area contributed by atoms with Crippen LogP contribution in [0.3, 0.4) is 0 Å². The van der Waals surface area contributed by atoms with Crippen LogP contribution in [0.4, 0.5) is 0 Å². The smallest absolute Gasteiger partial charge is 0.0590 e. The van der Waals surface area contributed by atoms with E-state index in [1.807, 2.05) is 0 Å². The minimum Gasteiger partial charge on any atom is -0.378 e. The third kappa shape index (κ3) is 2.16. The molecule has 3 heteroatoms. The molecule has 0 radical (unpaired) electrons. The molecule has 2 heterocycles. The van der Waals surface area contributed by atoms with Crippen molar-refractivity contribution in [2.45, 2.75) is 31.9 Å². The molecule has 0 amide bonds. The SMILES string of the molecule is CC1OCCC1C(N)Cc1ccsc1. The van der Waals surface area contributed by atoms with Crippen molar-refractivity contribution in [1.82, 2.24) is 0 Å². The molecule has 0 aromatic carbocycles. The van der Waals surface area contributed by atoms with E-state index in [0.717, 1.165) is 19.4 Å². The van der Waals surface area contributed by atoms with Gasteiger partial charge in [-0.1, -0.05) is 0 Å². The predicted octanol–water partition coefficient (Wildman–Crippen LogP) is 2.04. The van der Waals surface area contributed by atoms with Crippen molar-refractivity contribution >= 4 is 11.3 Å². The summed E-state index contributed by atoms with van der Waals surface area (Å²) in [6.45, 7) is 3.01. The Bertz CT molecular complexity index is 273. The van der Waals surface area contributed by atoms with Gasteiger partial charge < -0.3 is 10.5 Å². The minimum absolute atomic E-state index is 0.252. The Balaban J connectivity index is 1.92. The van der Waals surface area contributed by atoms with Gasteiger partial charge in [0.05, 0.1) is 6.10 Å². The van der Waals surface area contributed by atoms with Crippen LogP contribution in [0.15, 0.2) is 16.8 Å². The number of nitrogens with two attached hydrogens (primary N) is 1. The average molecular weight is 211 g/mol. The maximum Gasteiger partial charge on any atom is 0.0590 e. The zero-order valence-electron chi connectivity index (χ0n) is 8.48. The number of hydrogen-bond donors (Lipinski definition) is 1. The summed E-state index contributed by atoms with van der Waals surface area (Å²) in [5, 5.41) is 4.29. The van der Waals surface area contributed by atoms with E-state index < -0.39 is 0 Å². The molecule has 0 spiro atoms. The zero-order chi connectivity index (χ0) is 9.97. The van der Waals surface area contributed by atoms with E-state index in [4.69, 9.17) is 10.5 Å². The Kier molecular flexibility index (Phi) is 3.21. The third-order valence-corrected chi connectivity index (χ3v) is 3.77. The maximum absolute atomic E-state index is 6.19. The molecule has 2 rings (SSSR count). The minimum atomic E-state index is 0.252. The van der Waals surface area contributed by atoms with E-state index in [9.17, 15) is 0 Å². The van der Waals surface area contributed by atoms with Crippen LogP contribution in [0.1, 0.15) is 18.9 Å². The summed E-state index contributed by atoms with van der Waals surface area (Å²) in [6, 6.07) is 2.41. The highest BCUT2D eigenvalue weighted by Crippen LogP contribution is 2.25. The molecule has 78 valence electrons. The van der Waals surface area contributed by atoms with E-state index in [1.54, 1.807) is 11.3 Å². The molecule has 1 aliphatic heterocycles. The van der Waals surface area contributed by atoms with Gasteiger partial charge in [0.25, 0.3) is 0 Å². The van der Waals surface area contributed by atoms with Gasteiger partial charge in [0.1, 0.15) is 0 Å².